The molecule has 2 heterocycles. The van der Waals surface area contributed by atoms with Crippen LogP contribution >= 0.6 is 23.2 Å². The molecule has 586 valence electrons. The first-order valence-corrected chi connectivity index (χ1v) is 41.1. The molecule has 0 amide bonds. The predicted molar refractivity (Wildman–Crippen MR) is 431 cm³/mol. The number of hydrogen-bond acceptors (Lipinski definition) is 14. The zero-order chi connectivity index (χ0) is 82.0. The van der Waals surface area contributed by atoms with Gasteiger partial charge in [0.1, 0.15) is 48.8 Å². The summed E-state index contributed by atoms with van der Waals surface area (Å²) in [5.41, 5.74) is 6.46. The summed E-state index contributed by atoms with van der Waals surface area (Å²) in [6.45, 7) is 15.8. The summed E-state index contributed by atoms with van der Waals surface area (Å²) in [4.78, 5) is 0. The van der Waals surface area contributed by atoms with Gasteiger partial charge in [-0.3, -0.25) is 0 Å². The summed E-state index contributed by atoms with van der Waals surface area (Å²) < 4.78 is 153. The van der Waals surface area contributed by atoms with E-state index in [0.29, 0.717) is 11.1 Å². The van der Waals surface area contributed by atoms with Gasteiger partial charge in [-0.25, -0.2) is 8.78 Å². The van der Waals surface area contributed by atoms with Gasteiger partial charge in [0.25, 0.3) is 0 Å². The molecule has 2 aliphatic rings. The predicted octanol–water partition coefficient (Wildman–Crippen LogP) is 19.9. The molecule has 0 spiro atoms. The molecular weight excluding hydrogens is 1470 g/mol. The molecule has 12 rings (SSSR count). The molecule has 19 heteroatoms. The summed E-state index contributed by atoms with van der Waals surface area (Å²) in [6, 6.07) is 76.2. The van der Waals surface area contributed by atoms with E-state index in [4.69, 9.17) is 84.5 Å². The molecule has 2 aliphatic heterocycles. The highest BCUT2D eigenvalue weighted by molar-refractivity contribution is 6.74. The molecule has 10 atom stereocenters. The number of hydrogen-bond donors (Lipinski definition) is 1. The Bertz CT molecular complexity index is 4690. The lowest BCUT2D eigenvalue weighted by Gasteiger charge is -2.52. The molecule has 2 fully saturated rings. The minimum absolute atomic E-state index is 0.0184. The van der Waals surface area contributed by atoms with Crippen molar-refractivity contribution in [2.45, 2.75) is 166 Å². The third-order valence-corrected chi connectivity index (χ3v) is 25.2. The van der Waals surface area contributed by atoms with E-state index in [1.54, 1.807) is 44.2 Å². The fraction of sp³-hybridized carbons (Fsp3) is 0.348. The monoisotopic (exact) mass is 1570 g/mol. The summed E-state index contributed by atoms with van der Waals surface area (Å²) in [7, 11) is 0.634. The Morgan fingerprint density at radius 3 is 1.05 bits per heavy atom. The number of rotatable bonds is 34. The molecular formula is C92H102Cl2F2O14Si. The average Bonchev–Trinajstić information content (AvgIpc) is 0.733. The highest BCUT2D eigenvalue weighted by Crippen LogP contribution is 2.48. The molecule has 0 unspecified atom stereocenters. The molecule has 14 nitrogen and oxygen atoms in total. The minimum Gasteiger partial charge on any atom is -0.491 e. The van der Waals surface area contributed by atoms with Crippen molar-refractivity contribution in [3.8, 4) is 11.5 Å². The molecule has 0 aliphatic carbocycles. The van der Waals surface area contributed by atoms with Crippen LogP contribution in [0.2, 0.25) is 28.2 Å². The number of methoxy groups -OCH3 is 2. The molecule has 2 saturated heterocycles. The van der Waals surface area contributed by atoms with Gasteiger partial charge in [0.2, 0.25) is 11.6 Å². The Kier molecular flexibility index (Phi) is 28.3. The number of benzene rings is 10. The van der Waals surface area contributed by atoms with Crippen molar-refractivity contribution in [2.75, 3.05) is 40.6 Å². The molecule has 10 aromatic carbocycles. The van der Waals surface area contributed by atoms with E-state index in [9.17, 15) is 10.6 Å². The second kappa shape index (κ2) is 40.1. The zero-order valence-corrected chi connectivity index (χ0v) is 66.7. The van der Waals surface area contributed by atoms with Crippen LogP contribution in [0.1, 0.15) is 107 Å². The Balaban J connectivity index is 0.000000228. The van der Waals surface area contributed by atoms with Gasteiger partial charge in [0.15, 0.2) is 31.5 Å². The van der Waals surface area contributed by atoms with E-state index in [-0.39, 0.29) is 108 Å². The normalized spacial score (nSPS) is 22.1. The molecule has 0 saturated carbocycles. The third-order valence-electron chi connectivity index (χ3n) is 20.0. The van der Waals surface area contributed by atoms with Crippen molar-refractivity contribution in [2.24, 2.45) is 0 Å². The molecule has 0 aromatic heterocycles. The highest BCUT2D eigenvalue weighted by atomic mass is 35.5. The molecule has 10 aromatic rings. The van der Waals surface area contributed by atoms with E-state index in [2.05, 4.69) is 33.9 Å². The average molecular weight is 1570 g/mol. The summed E-state index contributed by atoms with van der Waals surface area (Å²) in [5, 5.41) is 11.0. The largest absolute Gasteiger partial charge is 0.491 e. The number of halogens is 4. The Hall–Kier alpha value is -8.02. The molecule has 111 heavy (non-hydrogen) atoms. The van der Waals surface area contributed by atoms with E-state index >= 15 is 8.78 Å². The van der Waals surface area contributed by atoms with Crippen LogP contribution in [0.4, 0.5) is 8.78 Å². The maximum atomic E-state index is 15.2. The first kappa shape index (κ1) is 78.3. The Morgan fingerprint density at radius 1 is 0.423 bits per heavy atom. The van der Waals surface area contributed by atoms with Gasteiger partial charge in [-0.1, -0.05) is 250 Å². The summed E-state index contributed by atoms with van der Waals surface area (Å²) >= 11 is 13.6. The van der Waals surface area contributed by atoms with Crippen molar-refractivity contribution in [1.82, 2.24) is 0 Å². The third kappa shape index (κ3) is 21.7. The fourth-order valence-electron chi connectivity index (χ4n) is 13.2. The minimum atomic E-state index is -2.36. The lowest BCUT2D eigenvalue weighted by molar-refractivity contribution is -0.384. The number of aliphatic hydroxyl groups excluding tert-OH is 1. The maximum absolute atomic E-state index is 15.2. The summed E-state index contributed by atoms with van der Waals surface area (Å²) in [5.74, 6) is -4.84. The zero-order valence-electron chi connectivity index (χ0n) is 68.2. The van der Waals surface area contributed by atoms with Gasteiger partial charge in [0, 0.05) is 40.9 Å². The van der Waals surface area contributed by atoms with Crippen molar-refractivity contribution < 1.29 is 80.6 Å². The topological polar surface area (TPSA) is 140 Å². The van der Waals surface area contributed by atoms with E-state index in [1.165, 1.54) is 44.6 Å². The standard InChI is InChI=1S/C49H58ClFO7Si.C43H44ClFO7/c1-8-53-43-27-24-38(29-42(43)51)28-39-30-40(25-26-41(39)50)49(52-5)47(56-33-37-22-16-11-17-23-37)46(55-32-36-20-14-10-15-21-36)45(54-31-35-18-12-9-13-19-35)44(58-49)34-57-59(6,7)48(2,3)4;1-3-48-38-22-19-33(24-37(38)45)23-34-25-35(20-21-36(34)44)43(47-2)42(51-29-32-17-11-6-12-18-32)41(50-28-31-15-9-5-10-16-31)40(39(26-46)52-43)49-27-30-13-7-4-8-14-30/h9-27,29-30,44-47H,8,28,31-34H2,1-7H3;4-22,24-25,39-42,46H,3,23,26-29H2,1-2H3/t44-,45-,46+,47-,49+;39-,40-,41+,42-,43+/m11/s1/i28D2;23D2. The van der Waals surface area contributed by atoms with Crippen LogP contribution in [0, 0.1) is 11.6 Å². The smallest absolute Gasteiger partial charge is 0.225 e. The first-order valence-electron chi connectivity index (χ1n) is 39.4. The van der Waals surface area contributed by atoms with Crippen LogP contribution in [0.25, 0.3) is 0 Å². The van der Waals surface area contributed by atoms with Gasteiger partial charge in [-0.05, 0) is 149 Å². The highest BCUT2D eigenvalue weighted by Gasteiger charge is 2.61. The SMILES string of the molecule is [2H]C([2H])(c1ccc(OCC)c(F)c1)c1cc([C@]2(OC)O[C@H](CO)[C@@H](OCc3ccccc3)[C@H](OCc3ccccc3)[C@H]2OCc2ccccc2)ccc1Cl.[2H]C([2H])(c1ccc(OCC)c(F)c1)c1cc([C@]2(OC)O[C@H](CO[Si](C)(C)C(C)(C)C)[C@@H](OCc3ccccc3)[C@H](OCc3ccccc3)[C@H]2OCc2ccccc2)ccc1Cl. The molecule has 0 bridgehead atoms. The second-order valence-corrected chi connectivity index (χ2v) is 34.2. The Labute approximate surface area is 669 Å². The van der Waals surface area contributed by atoms with Crippen molar-refractivity contribution in [3.63, 3.8) is 0 Å². The summed E-state index contributed by atoms with van der Waals surface area (Å²) in [6.07, 6.45) is -11.6. The van der Waals surface area contributed by atoms with E-state index in [1.807, 2.05) is 182 Å². The lowest BCUT2D eigenvalue weighted by atomic mass is 9.86. The number of ether oxygens (including phenoxy) is 12. The van der Waals surface area contributed by atoms with Gasteiger partial charge >= 0.3 is 0 Å². The van der Waals surface area contributed by atoms with Crippen LogP contribution < -0.4 is 9.47 Å². The van der Waals surface area contributed by atoms with Crippen LogP contribution in [0.15, 0.2) is 255 Å². The van der Waals surface area contributed by atoms with Crippen molar-refractivity contribution in [1.29, 1.82) is 0 Å². The van der Waals surface area contributed by atoms with Crippen molar-refractivity contribution >= 4 is 31.5 Å². The maximum Gasteiger partial charge on any atom is 0.225 e. The first-order chi connectivity index (χ1) is 55.3. The number of aliphatic hydroxyl groups is 1. The van der Waals surface area contributed by atoms with Gasteiger partial charge in [-0.2, -0.15) is 0 Å². The molecule has 1 N–H and O–H groups in total. The van der Waals surface area contributed by atoms with Crippen LogP contribution in [-0.2, 0) is 116 Å². The quantitative estimate of drug-likeness (QED) is 0.0383. The van der Waals surface area contributed by atoms with E-state index < -0.39 is 99.7 Å². The second-order valence-electron chi connectivity index (χ2n) is 28.6. The van der Waals surface area contributed by atoms with Crippen LogP contribution in [0.3, 0.4) is 0 Å². The van der Waals surface area contributed by atoms with Crippen molar-refractivity contribution in [3.05, 3.63) is 343 Å². The van der Waals surface area contributed by atoms with Crippen LogP contribution in [0.5, 0.6) is 11.5 Å². The van der Waals surface area contributed by atoms with E-state index in [0.717, 1.165) is 45.5 Å². The Morgan fingerprint density at radius 2 is 0.739 bits per heavy atom. The van der Waals surface area contributed by atoms with Gasteiger partial charge in [0.05, 0.1) is 66.1 Å². The van der Waals surface area contributed by atoms with Gasteiger partial charge in [-0.15, -0.1) is 0 Å². The fourth-order valence-corrected chi connectivity index (χ4v) is 14.5. The lowest BCUT2D eigenvalue weighted by Crippen LogP contribution is -2.66. The van der Waals surface area contributed by atoms with Gasteiger partial charge < -0.3 is 66.4 Å². The van der Waals surface area contributed by atoms with Crippen LogP contribution in [-0.4, -0.2) is 103 Å². The molecule has 0 radical (unpaired) electrons.